The van der Waals surface area contributed by atoms with E-state index in [1.807, 2.05) is 11.1 Å². The summed E-state index contributed by atoms with van der Waals surface area (Å²) in [7, 11) is 0. The maximum atomic E-state index is 12.9. The molecule has 25 heavy (non-hydrogen) atoms. The number of aromatic nitrogens is 3. The molecule has 1 saturated heterocycles. The molecule has 2 aliphatic heterocycles. The number of pyridine rings is 1. The fraction of sp³-hybridized carbons (Fsp3) is 0.444. The molecule has 0 aliphatic carbocycles. The number of hydrogen-bond acceptors (Lipinski definition) is 5. The summed E-state index contributed by atoms with van der Waals surface area (Å²) in [6.07, 6.45) is 7.20. The molecule has 0 N–H and O–H groups in total. The molecule has 0 radical (unpaired) electrons. The number of fused-ring (bicyclic) bond motifs is 1. The molecule has 0 spiro atoms. The quantitative estimate of drug-likeness (QED) is 0.819. The van der Waals surface area contributed by atoms with Gasteiger partial charge in [-0.2, -0.15) is 5.26 Å². The average molecular weight is 336 g/mol. The van der Waals surface area contributed by atoms with Crippen molar-refractivity contribution in [3.05, 3.63) is 42.1 Å². The van der Waals surface area contributed by atoms with E-state index in [1.54, 1.807) is 24.5 Å². The van der Waals surface area contributed by atoms with Gasteiger partial charge in [0.05, 0.1) is 11.5 Å². The molecule has 2 aromatic heterocycles. The van der Waals surface area contributed by atoms with E-state index in [2.05, 4.69) is 25.5 Å². The van der Waals surface area contributed by atoms with Crippen LogP contribution in [0.1, 0.15) is 17.8 Å². The van der Waals surface area contributed by atoms with Crippen LogP contribution in [-0.2, 0) is 17.8 Å². The first-order valence-electron chi connectivity index (χ1n) is 8.65. The lowest BCUT2D eigenvalue weighted by Gasteiger charge is -2.38. The van der Waals surface area contributed by atoms with Crippen molar-refractivity contribution in [2.24, 2.45) is 5.92 Å². The summed E-state index contributed by atoms with van der Waals surface area (Å²) in [4.78, 5) is 25.6. The second kappa shape index (κ2) is 6.55. The molecule has 4 rings (SSSR count). The summed E-state index contributed by atoms with van der Waals surface area (Å²) in [6.45, 7) is 3.50. The number of nitrogens with zero attached hydrogens (tertiary/aromatic N) is 6. The molecule has 1 amide bonds. The largest absolute Gasteiger partial charge is 0.352 e. The fourth-order valence-corrected chi connectivity index (χ4v) is 3.70. The van der Waals surface area contributed by atoms with Gasteiger partial charge in [-0.15, -0.1) is 0 Å². The van der Waals surface area contributed by atoms with Crippen molar-refractivity contribution >= 4 is 11.7 Å². The van der Waals surface area contributed by atoms with Gasteiger partial charge in [0.1, 0.15) is 17.7 Å². The second-order valence-corrected chi connectivity index (χ2v) is 6.53. The zero-order chi connectivity index (χ0) is 17.2. The molecule has 0 saturated carbocycles. The molecule has 0 bridgehead atoms. The van der Waals surface area contributed by atoms with E-state index in [1.165, 1.54) is 0 Å². The maximum absolute atomic E-state index is 12.9. The van der Waals surface area contributed by atoms with Gasteiger partial charge in [0.25, 0.3) is 0 Å². The maximum Gasteiger partial charge on any atom is 0.227 e. The van der Waals surface area contributed by atoms with Crippen molar-refractivity contribution in [2.75, 3.05) is 31.1 Å². The monoisotopic (exact) mass is 336 g/mol. The summed E-state index contributed by atoms with van der Waals surface area (Å²) in [6, 6.07) is 5.75. The minimum absolute atomic E-state index is 0.0396. The summed E-state index contributed by atoms with van der Waals surface area (Å²) in [5, 5.41) is 9.23. The highest BCUT2D eigenvalue weighted by atomic mass is 16.2. The highest BCUT2D eigenvalue weighted by Gasteiger charge is 2.31. The van der Waals surface area contributed by atoms with Crippen LogP contribution in [0.25, 0.3) is 0 Å². The molecular formula is C18H20N6O. The third-order valence-electron chi connectivity index (χ3n) is 5.08. The predicted octanol–water partition coefficient (Wildman–Crippen LogP) is 1.06. The minimum Gasteiger partial charge on any atom is -0.352 e. The number of piperazine rings is 1. The van der Waals surface area contributed by atoms with Crippen LogP contribution in [0.15, 0.2) is 30.7 Å². The van der Waals surface area contributed by atoms with Crippen LogP contribution in [0.4, 0.5) is 5.82 Å². The lowest BCUT2D eigenvalue weighted by molar-refractivity contribution is -0.136. The number of aryl methyl sites for hydroxylation is 1. The minimum atomic E-state index is 0.0396. The first kappa shape index (κ1) is 15.6. The Hall–Kier alpha value is -2.88. The van der Waals surface area contributed by atoms with Crippen molar-refractivity contribution in [3.8, 4) is 6.07 Å². The van der Waals surface area contributed by atoms with Crippen LogP contribution in [0.2, 0.25) is 0 Å². The molecular weight excluding hydrogens is 316 g/mol. The first-order valence-corrected chi connectivity index (χ1v) is 8.65. The van der Waals surface area contributed by atoms with E-state index < -0.39 is 0 Å². The lowest BCUT2D eigenvalue weighted by atomic mass is 9.97. The Labute approximate surface area is 146 Å². The molecule has 1 unspecified atom stereocenters. The Bertz CT molecular complexity index is 815. The van der Waals surface area contributed by atoms with E-state index in [9.17, 15) is 10.1 Å². The zero-order valence-electron chi connectivity index (χ0n) is 14.0. The number of carbonyl (C=O) groups is 1. The Morgan fingerprint density at radius 2 is 2.04 bits per heavy atom. The highest BCUT2D eigenvalue weighted by molar-refractivity contribution is 5.79. The van der Waals surface area contributed by atoms with Gasteiger partial charge in [-0.3, -0.25) is 4.79 Å². The Balaban J connectivity index is 1.39. The topological polar surface area (TPSA) is 78.1 Å². The molecule has 2 aliphatic rings. The van der Waals surface area contributed by atoms with Crippen LogP contribution in [0.5, 0.6) is 0 Å². The van der Waals surface area contributed by atoms with Gasteiger partial charge >= 0.3 is 0 Å². The van der Waals surface area contributed by atoms with Crippen LogP contribution < -0.4 is 4.90 Å². The standard InChI is InChI=1S/C18H20N6O/c19-12-14-2-1-5-21-17(14)22-8-10-23(11-9-22)18(25)15-3-4-16-20-6-7-24(16)13-15/h1-2,5-7,15H,3-4,8-11,13H2. The number of rotatable bonds is 2. The summed E-state index contributed by atoms with van der Waals surface area (Å²) >= 11 is 0. The van der Waals surface area contributed by atoms with E-state index in [0.29, 0.717) is 31.7 Å². The van der Waals surface area contributed by atoms with Crippen LogP contribution in [0, 0.1) is 17.2 Å². The predicted molar refractivity (Wildman–Crippen MR) is 91.8 cm³/mol. The molecule has 2 aromatic rings. The van der Waals surface area contributed by atoms with E-state index in [4.69, 9.17) is 0 Å². The normalized spacial score (nSPS) is 20.0. The molecule has 7 heteroatoms. The Morgan fingerprint density at radius 3 is 2.84 bits per heavy atom. The summed E-state index contributed by atoms with van der Waals surface area (Å²) in [5.74, 6) is 2.07. The van der Waals surface area contributed by atoms with E-state index >= 15 is 0 Å². The zero-order valence-corrected chi connectivity index (χ0v) is 14.0. The second-order valence-electron chi connectivity index (χ2n) is 6.53. The molecule has 0 aromatic carbocycles. The highest BCUT2D eigenvalue weighted by Crippen LogP contribution is 2.23. The number of amides is 1. The number of hydrogen-bond donors (Lipinski definition) is 0. The van der Waals surface area contributed by atoms with Gasteiger partial charge in [-0.05, 0) is 18.6 Å². The fourth-order valence-electron chi connectivity index (χ4n) is 3.70. The van der Waals surface area contributed by atoms with Gasteiger partial charge in [0.2, 0.25) is 5.91 Å². The average Bonchev–Trinajstić information content (AvgIpc) is 3.15. The third kappa shape index (κ3) is 2.95. The van der Waals surface area contributed by atoms with Gasteiger partial charge < -0.3 is 14.4 Å². The van der Waals surface area contributed by atoms with E-state index in [-0.39, 0.29) is 11.8 Å². The van der Waals surface area contributed by atoms with Gasteiger partial charge in [0.15, 0.2) is 0 Å². The summed E-state index contributed by atoms with van der Waals surface area (Å²) in [5.41, 5.74) is 0.585. The van der Waals surface area contributed by atoms with Gasteiger partial charge in [0, 0.05) is 57.7 Å². The SMILES string of the molecule is N#Cc1cccnc1N1CCN(C(=O)C2CCc3nccn3C2)CC1. The number of nitriles is 1. The Morgan fingerprint density at radius 1 is 1.20 bits per heavy atom. The van der Waals surface area contributed by atoms with Gasteiger partial charge in [-0.1, -0.05) is 0 Å². The summed E-state index contributed by atoms with van der Waals surface area (Å²) < 4.78 is 2.09. The first-order chi connectivity index (χ1) is 12.3. The van der Waals surface area contributed by atoms with Crippen molar-refractivity contribution in [1.29, 1.82) is 5.26 Å². The Kier molecular flexibility index (Phi) is 4.10. The molecule has 1 fully saturated rings. The molecule has 1 atom stereocenters. The third-order valence-corrected chi connectivity index (χ3v) is 5.08. The smallest absolute Gasteiger partial charge is 0.227 e. The number of imidazole rings is 1. The van der Waals surface area contributed by atoms with Crippen molar-refractivity contribution in [1.82, 2.24) is 19.4 Å². The number of carbonyl (C=O) groups excluding carboxylic acids is 1. The number of anilines is 1. The van der Waals surface area contributed by atoms with Crippen LogP contribution >= 0.6 is 0 Å². The van der Waals surface area contributed by atoms with Crippen molar-refractivity contribution < 1.29 is 4.79 Å². The van der Waals surface area contributed by atoms with Gasteiger partial charge in [-0.25, -0.2) is 9.97 Å². The lowest BCUT2D eigenvalue weighted by Crippen LogP contribution is -2.51. The van der Waals surface area contributed by atoms with Crippen molar-refractivity contribution in [3.63, 3.8) is 0 Å². The van der Waals surface area contributed by atoms with Crippen LogP contribution in [-0.4, -0.2) is 51.5 Å². The van der Waals surface area contributed by atoms with Crippen molar-refractivity contribution in [2.45, 2.75) is 19.4 Å². The van der Waals surface area contributed by atoms with E-state index in [0.717, 1.165) is 31.0 Å². The molecule has 7 nitrogen and oxygen atoms in total. The molecule has 4 heterocycles. The van der Waals surface area contributed by atoms with Crippen LogP contribution in [0.3, 0.4) is 0 Å². The molecule has 128 valence electrons.